The number of ether oxygens (including phenoxy) is 1. The first-order valence-corrected chi connectivity index (χ1v) is 6.25. The summed E-state index contributed by atoms with van der Waals surface area (Å²) in [4.78, 5) is 11.0. The van der Waals surface area contributed by atoms with Gasteiger partial charge in [0.25, 0.3) is 0 Å². The number of carboxylic acid groups (broad SMARTS) is 1. The number of aromatic nitrogens is 1. The molecule has 0 atom stereocenters. The second kappa shape index (κ2) is 6.01. The Morgan fingerprint density at radius 1 is 1.48 bits per heavy atom. The highest BCUT2D eigenvalue weighted by Gasteiger charge is 2.09. The predicted octanol–water partition coefficient (Wildman–Crippen LogP) is 2.22. The molecule has 0 unspecified atom stereocenters. The van der Waals surface area contributed by atoms with E-state index in [-0.39, 0.29) is 5.56 Å². The number of nitrogens with one attached hydrogen (secondary N) is 1. The average molecular weight is 285 g/mol. The Morgan fingerprint density at radius 2 is 2.24 bits per heavy atom. The Bertz CT molecular complexity index is 713. The fourth-order valence-corrected chi connectivity index (χ4v) is 2.02. The molecule has 0 saturated heterocycles. The van der Waals surface area contributed by atoms with Gasteiger partial charge in [0.05, 0.1) is 18.4 Å². The molecular formula is C15H15N3O3. The average Bonchev–Trinajstić information content (AvgIpc) is 2.84. The minimum atomic E-state index is -0.993. The third-order valence-electron chi connectivity index (χ3n) is 3.11. The van der Waals surface area contributed by atoms with E-state index in [1.807, 2.05) is 6.20 Å². The molecule has 0 bridgehead atoms. The van der Waals surface area contributed by atoms with Crippen LogP contribution in [0.2, 0.25) is 0 Å². The zero-order chi connectivity index (χ0) is 15.4. The summed E-state index contributed by atoms with van der Waals surface area (Å²) in [6, 6.07) is 8.49. The van der Waals surface area contributed by atoms with Gasteiger partial charge in [-0.3, -0.25) is 0 Å². The van der Waals surface area contributed by atoms with Crippen LogP contribution in [-0.4, -0.2) is 22.8 Å². The number of hydrogen-bond acceptors (Lipinski definition) is 4. The van der Waals surface area contributed by atoms with E-state index in [0.717, 1.165) is 5.56 Å². The standard InChI is InChI=1S/C15H15N3O3/c1-18-9-10(5-12(18)7-16)8-17-13-6-11(15(19)20)3-4-14(13)21-2/h3-6,9,17H,8H2,1-2H3,(H,19,20). The van der Waals surface area contributed by atoms with Crippen molar-refractivity contribution in [3.05, 3.63) is 47.3 Å². The molecule has 21 heavy (non-hydrogen) atoms. The first kappa shape index (κ1) is 14.5. The van der Waals surface area contributed by atoms with Crippen LogP contribution in [0.4, 0.5) is 5.69 Å². The quantitative estimate of drug-likeness (QED) is 0.879. The molecule has 0 aliphatic carbocycles. The number of nitrogens with zero attached hydrogens (tertiary/aromatic N) is 2. The third kappa shape index (κ3) is 3.15. The highest BCUT2D eigenvalue weighted by Crippen LogP contribution is 2.26. The minimum Gasteiger partial charge on any atom is -0.495 e. The normalized spacial score (nSPS) is 9.95. The van der Waals surface area contributed by atoms with Gasteiger partial charge in [0.2, 0.25) is 0 Å². The van der Waals surface area contributed by atoms with E-state index in [4.69, 9.17) is 15.1 Å². The lowest BCUT2D eigenvalue weighted by atomic mass is 10.2. The van der Waals surface area contributed by atoms with Crippen LogP contribution in [0.5, 0.6) is 5.75 Å². The molecule has 2 rings (SSSR count). The highest BCUT2D eigenvalue weighted by molar-refractivity contribution is 5.89. The second-order valence-corrected chi connectivity index (χ2v) is 4.53. The second-order valence-electron chi connectivity index (χ2n) is 4.53. The first-order chi connectivity index (χ1) is 10.0. The fourth-order valence-electron chi connectivity index (χ4n) is 2.02. The van der Waals surface area contributed by atoms with Gasteiger partial charge >= 0.3 is 5.97 Å². The van der Waals surface area contributed by atoms with E-state index in [1.54, 1.807) is 23.7 Å². The first-order valence-electron chi connectivity index (χ1n) is 6.25. The number of carboxylic acids is 1. The molecule has 6 heteroatoms. The Morgan fingerprint density at radius 3 is 2.81 bits per heavy atom. The molecule has 0 aliphatic rings. The zero-order valence-corrected chi connectivity index (χ0v) is 11.8. The molecular weight excluding hydrogens is 270 g/mol. The van der Waals surface area contributed by atoms with E-state index in [2.05, 4.69) is 11.4 Å². The third-order valence-corrected chi connectivity index (χ3v) is 3.11. The van der Waals surface area contributed by atoms with Gasteiger partial charge in [-0.15, -0.1) is 0 Å². The topological polar surface area (TPSA) is 87.3 Å². The van der Waals surface area contributed by atoms with Crippen LogP contribution in [0.25, 0.3) is 0 Å². The maximum absolute atomic E-state index is 11.0. The highest BCUT2D eigenvalue weighted by atomic mass is 16.5. The molecule has 1 aromatic heterocycles. The van der Waals surface area contributed by atoms with Crippen molar-refractivity contribution >= 4 is 11.7 Å². The lowest BCUT2D eigenvalue weighted by Crippen LogP contribution is -2.03. The van der Waals surface area contributed by atoms with Crippen LogP contribution < -0.4 is 10.1 Å². The minimum absolute atomic E-state index is 0.184. The number of nitriles is 1. The molecule has 6 nitrogen and oxygen atoms in total. The molecule has 0 radical (unpaired) electrons. The summed E-state index contributed by atoms with van der Waals surface area (Å²) < 4.78 is 6.94. The van der Waals surface area contributed by atoms with Crippen molar-refractivity contribution in [2.75, 3.05) is 12.4 Å². The lowest BCUT2D eigenvalue weighted by molar-refractivity contribution is 0.0697. The summed E-state index contributed by atoms with van der Waals surface area (Å²) in [7, 11) is 3.32. The molecule has 0 saturated carbocycles. The number of anilines is 1. The van der Waals surface area contributed by atoms with E-state index >= 15 is 0 Å². The van der Waals surface area contributed by atoms with Gasteiger partial charge in [0, 0.05) is 19.8 Å². The van der Waals surface area contributed by atoms with Crippen molar-refractivity contribution in [2.45, 2.75) is 6.54 Å². The SMILES string of the molecule is COc1ccc(C(=O)O)cc1NCc1cc(C#N)n(C)c1. The largest absolute Gasteiger partial charge is 0.495 e. The van der Waals surface area contributed by atoms with E-state index < -0.39 is 5.97 Å². The predicted molar refractivity (Wildman–Crippen MR) is 77.4 cm³/mol. The zero-order valence-electron chi connectivity index (χ0n) is 11.8. The number of carbonyl (C=O) groups is 1. The molecule has 0 amide bonds. The van der Waals surface area contributed by atoms with Gasteiger partial charge in [-0.1, -0.05) is 0 Å². The summed E-state index contributed by atoms with van der Waals surface area (Å²) in [5.74, 6) is -0.427. The molecule has 2 N–H and O–H groups in total. The molecule has 1 heterocycles. The van der Waals surface area contributed by atoms with Crippen LogP contribution in [0.1, 0.15) is 21.6 Å². The van der Waals surface area contributed by atoms with Crippen molar-refractivity contribution in [1.29, 1.82) is 5.26 Å². The van der Waals surface area contributed by atoms with E-state index in [0.29, 0.717) is 23.7 Å². The maximum Gasteiger partial charge on any atom is 0.335 e. The number of rotatable bonds is 5. The van der Waals surface area contributed by atoms with Crippen molar-refractivity contribution < 1.29 is 14.6 Å². The Kier molecular flexibility index (Phi) is 4.14. The van der Waals surface area contributed by atoms with E-state index in [1.165, 1.54) is 19.2 Å². The van der Waals surface area contributed by atoms with Crippen LogP contribution in [0.3, 0.4) is 0 Å². The summed E-state index contributed by atoms with van der Waals surface area (Å²) in [5.41, 5.74) is 2.28. The van der Waals surface area contributed by atoms with Crippen LogP contribution in [0.15, 0.2) is 30.5 Å². The van der Waals surface area contributed by atoms with Gasteiger partial charge in [0.1, 0.15) is 17.5 Å². The van der Waals surface area contributed by atoms with Crippen molar-refractivity contribution in [2.24, 2.45) is 7.05 Å². The van der Waals surface area contributed by atoms with Gasteiger partial charge < -0.3 is 19.7 Å². The Labute approximate surface area is 122 Å². The molecule has 0 spiro atoms. The molecule has 0 aliphatic heterocycles. The summed E-state index contributed by atoms with van der Waals surface area (Å²) >= 11 is 0. The van der Waals surface area contributed by atoms with Crippen molar-refractivity contribution in [1.82, 2.24) is 4.57 Å². The van der Waals surface area contributed by atoms with Crippen molar-refractivity contribution in [3.8, 4) is 11.8 Å². The summed E-state index contributed by atoms with van der Waals surface area (Å²) in [6.07, 6.45) is 1.85. The van der Waals surface area contributed by atoms with Gasteiger partial charge in [-0.25, -0.2) is 4.79 Å². The summed E-state index contributed by atoms with van der Waals surface area (Å²) in [6.45, 7) is 0.467. The van der Waals surface area contributed by atoms with Gasteiger partial charge in [-0.2, -0.15) is 5.26 Å². The monoisotopic (exact) mass is 285 g/mol. The lowest BCUT2D eigenvalue weighted by Gasteiger charge is -2.11. The maximum atomic E-state index is 11.0. The molecule has 1 aromatic carbocycles. The van der Waals surface area contributed by atoms with E-state index in [9.17, 15) is 4.79 Å². The number of aryl methyl sites for hydroxylation is 1. The molecule has 108 valence electrons. The number of methoxy groups -OCH3 is 1. The number of hydrogen-bond donors (Lipinski definition) is 2. The van der Waals surface area contributed by atoms with Crippen molar-refractivity contribution in [3.63, 3.8) is 0 Å². The molecule has 2 aromatic rings. The number of benzene rings is 1. The Balaban J connectivity index is 2.20. The van der Waals surface area contributed by atoms with Crippen LogP contribution in [-0.2, 0) is 13.6 Å². The van der Waals surface area contributed by atoms with Crippen LogP contribution >= 0.6 is 0 Å². The summed E-state index contributed by atoms with van der Waals surface area (Å²) in [5, 5.41) is 21.1. The smallest absolute Gasteiger partial charge is 0.335 e. The number of aromatic carboxylic acids is 1. The fraction of sp³-hybridized carbons (Fsp3) is 0.200. The van der Waals surface area contributed by atoms with Crippen LogP contribution in [0, 0.1) is 11.3 Å². The molecule has 0 fully saturated rings. The Hall–Kier alpha value is -2.94. The van der Waals surface area contributed by atoms with Gasteiger partial charge in [0.15, 0.2) is 0 Å². The van der Waals surface area contributed by atoms with Gasteiger partial charge in [-0.05, 0) is 29.8 Å².